The van der Waals surface area contributed by atoms with Crippen LogP contribution in [0.5, 0.6) is 11.5 Å². The number of hydrogen-bond acceptors (Lipinski definition) is 3. The number of hydrogen-bond donors (Lipinski definition) is 3. The van der Waals surface area contributed by atoms with E-state index in [9.17, 15) is 15.3 Å². The number of aromatic hydroxyl groups is 2. The Labute approximate surface area is 128 Å². The van der Waals surface area contributed by atoms with Crippen molar-refractivity contribution in [2.24, 2.45) is 0 Å². The van der Waals surface area contributed by atoms with Gasteiger partial charge in [-0.2, -0.15) is 0 Å². The van der Waals surface area contributed by atoms with Gasteiger partial charge in [-0.25, -0.2) is 0 Å². The van der Waals surface area contributed by atoms with E-state index in [4.69, 9.17) is 0 Å². The zero-order valence-corrected chi connectivity index (χ0v) is 11.8. The highest BCUT2D eigenvalue weighted by Crippen LogP contribution is 2.43. The molecule has 0 aliphatic carbocycles. The van der Waals surface area contributed by atoms with Crippen LogP contribution in [0.15, 0.2) is 78.9 Å². The topological polar surface area (TPSA) is 60.7 Å². The molecular weight excluding hydrogens is 276 g/mol. The van der Waals surface area contributed by atoms with Crippen LogP contribution in [-0.4, -0.2) is 15.3 Å². The molecule has 0 spiro atoms. The van der Waals surface area contributed by atoms with Crippen LogP contribution in [0, 0.1) is 0 Å². The molecule has 0 aliphatic heterocycles. The third kappa shape index (κ3) is 2.22. The van der Waals surface area contributed by atoms with Crippen molar-refractivity contribution in [3.05, 3.63) is 95.6 Å². The van der Waals surface area contributed by atoms with Gasteiger partial charge < -0.3 is 15.3 Å². The second-order valence-electron chi connectivity index (χ2n) is 5.12. The van der Waals surface area contributed by atoms with E-state index in [2.05, 4.69) is 0 Å². The van der Waals surface area contributed by atoms with Crippen LogP contribution in [-0.2, 0) is 5.60 Å². The molecule has 0 saturated carbocycles. The first-order valence-electron chi connectivity index (χ1n) is 6.99. The lowest BCUT2D eigenvalue weighted by Crippen LogP contribution is -2.28. The van der Waals surface area contributed by atoms with Gasteiger partial charge in [-0.1, -0.05) is 72.8 Å². The Kier molecular flexibility index (Phi) is 3.57. The molecule has 3 N–H and O–H groups in total. The predicted octanol–water partition coefficient (Wildman–Crippen LogP) is 3.38. The molecular formula is C19H16O3. The molecule has 0 bridgehead atoms. The largest absolute Gasteiger partial charge is 0.504 e. The van der Waals surface area contributed by atoms with Crippen molar-refractivity contribution in [3.63, 3.8) is 0 Å². The highest BCUT2D eigenvalue weighted by Gasteiger charge is 2.36. The third-order valence-electron chi connectivity index (χ3n) is 3.79. The summed E-state index contributed by atoms with van der Waals surface area (Å²) in [5.41, 5.74) is -0.0835. The minimum absolute atomic E-state index is 0.241. The molecule has 0 aliphatic rings. The molecule has 0 unspecified atom stereocenters. The number of benzene rings is 3. The first kappa shape index (κ1) is 14.2. The van der Waals surface area contributed by atoms with E-state index in [1.54, 1.807) is 36.4 Å². The summed E-state index contributed by atoms with van der Waals surface area (Å²) in [6.07, 6.45) is 0. The van der Waals surface area contributed by atoms with Crippen LogP contribution in [0.2, 0.25) is 0 Å². The number of aliphatic hydroxyl groups is 1. The molecule has 0 amide bonds. The van der Waals surface area contributed by atoms with E-state index in [0.29, 0.717) is 11.1 Å². The van der Waals surface area contributed by atoms with Crippen molar-refractivity contribution >= 4 is 0 Å². The maximum absolute atomic E-state index is 11.5. The van der Waals surface area contributed by atoms with Crippen LogP contribution in [0.3, 0.4) is 0 Å². The number of rotatable bonds is 3. The van der Waals surface area contributed by atoms with Gasteiger partial charge >= 0.3 is 0 Å². The van der Waals surface area contributed by atoms with Crippen molar-refractivity contribution in [3.8, 4) is 11.5 Å². The van der Waals surface area contributed by atoms with Crippen molar-refractivity contribution in [2.45, 2.75) is 5.60 Å². The Hall–Kier alpha value is -2.78. The molecule has 3 aromatic rings. The zero-order chi connectivity index (χ0) is 15.6. The maximum atomic E-state index is 11.5. The molecule has 3 heteroatoms. The maximum Gasteiger partial charge on any atom is 0.164 e. The summed E-state index contributed by atoms with van der Waals surface area (Å²) in [7, 11) is 0. The minimum Gasteiger partial charge on any atom is -0.504 e. The Morgan fingerprint density at radius 3 is 1.59 bits per heavy atom. The van der Waals surface area contributed by atoms with Gasteiger partial charge in [0.1, 0.15) is 5.60 Å². The molecule has 3 aromatic carbocycles. The zero-order valence-electron chi connectivity index (χ0n) is 11.8. The average Bonchev–Trinajstić information content (AvgIpc) is 2.58. The highest BCUT2D eigenvalue weighted by molar-refractivity contribution is 5.56. The Morgan fingerprint density at radius 1 is 0.591 bits per heavy atom. The fraction of sp³-hybridized carbons (Fsp3) is 0.0526. The van der Waals surface area contributed by atoms with Crippen LogP contribution >= 0.6 is 0 Å². The minimum atomic E-state index is -1.55. The molecule has 0 fully saturated rings. The second kappa shape index (κ2) is 5.54. The lowest BCUT2D eigenvalue weighted by Gasteiger charge is -2.30. The first-order chi connectivity index (χ1) is 10.6. The molecule has 22 heavy (non-hydrogen) atoms. The molecule has 3 nitrogen and oxygen atoms in total. The van der Waals surface area contributed by atoms with Gasteiger partial charge in [0.15, 0.2) is 11.5 Å². The van der Waals surface area contributed by atoms with E-state index in [0.717, 1.165) is 0 Å². The second-order valence-corrected chi connectivity index (χ2v) is 5.12. The first-order valence-corrected chi connectivity index (χ1v) is 6.99. The standard InChI is InChI=1S/C19H16O3/c20-17-13-7-12-16(18(17)21)19(22,14-8-3-1-4-9-14)15-10-5-2-6-11-15/h1-13,20-22H. The fourth-order valence-corrected chi connectivity index (χ4v) is 2.66. The van der Waals surface area contributed by atoms with Crippen LogP contribution < -0.4 is 0 Å². The summed E-state index contributed by atoms with van der Waals surface area (Å²) in [5.74, 6) is -0.583. The summed E-state index contributed by atoms with van der Waals surface area (Å²) in [5, 5.41) is 31.5. The van der Waals surface area contributed by atoms with Crippen LogP contribution in [0.25, 0.3) is 0 Å². The molecule has 0 heterocycles. The summed E-state index contributed by atoms with van der Waals surface area (Å²) in [6, 6.07) is 22.7. The number of phenolic OH excluding ortho intramolecular Hbond substituents is 2. The predicted molar refractivity (Wildman–Crippen MR) is 84.8 cm³/mol. The van der Waals surface area contributed by atoms with Crippen molar-refractivity contribution in [1.82, 2.24) is 0 Å². The Balaban J connectivity index is 2.31. The van der Waals surface area contributed by atoms with E-state index in [1.807, 2.05) is 36.4 Å². The summed E-state index contributed by atoms with van der Waals surface area (Å²) in [4.78, 5) is 0. The molecule has 0 aromatic heterocycles. The molecule has 0 radical (unpaired) electrons. The SMILES string of the molecule is Oc1cccc(C(O)(c2ccccc2)c2ccccc2)c1O. The van der Waals surface area contributed by atoms with Crippen LogP contribution in [0.4, 0.5) is 0 Å². The van der Waals surface area contributed by atoms with Gasteiger partial charge in [0.25, 0.3) is 0 Å². The number of para-hydroxylation sites is 1. The van der Waals surface area contributed by atoms with Crippen molar-refractivity contribution in [1.29, 1.82) is 0 Å². The van der Waals surface area contributed by atoms with Gasteiger partial charge in [-0.15, -0.1) is 0 Å². The summed E-state index contributed by atoms with van der Waals surface area (Å²) < 4.78 is 0. The fourth-order valence-electron chi connectivity index (χ4n) is 2.66. The Morgan fingerprint density at radius 2 is 1.09 bits per heavy atom. The van der Waals surface area contributed by atoms with Gasteiger partial charge in [0, 0.05) is 5.56 Å². The lowest BCUT2D eigenvalue weighted by molar-refractivity contribution is 0.122. The van der Waals surface area contributed by atoms with Crippen LogP contribution in [0.1, 0.15) is 16.7 Å². The van der Waals surface area contributed by atoms with E-state index in [-0.39, 0.29) is 17.1 Å². The normalized spacial score (nSPS) is 11.3. The highest BCUT2D eigenvalue weighted by atomic mass is 16.3. The Bertz CT molecular complexity index is 728. The van der Waals surface area contributed by atoms with Gasteiger partial charge in [0.05, 0.1) is 0 Å². The lowest BCUT2D eigenvalue weighted by atomic mass is 9.80. The van der Waals surface area contributed by atoms with Gasteiger partial charge in [-0.05, 0) is 17.2 Å². The quantitative estimate of drug-likeness (QED) is 0.512. The summed E-state index contributed by atoms with van der Waals surface area (Å²) in [6.45, 7) is 0. The van der Waals surface area contributed by atoms with E-state index < -0.39 is 5.60 Å². The smallest absolute Gasteiger partial charge is 0.164 e. The molecule has 0 saturated heterocycles. The molecule has 110 valence electrons. The van der Waals surface area contributed by atoms with Crippen molar-refractivity contribution in [2.75, 3.05) is 0 Å². The number of phenols is 2. The van der Waals surface area contributed by atoms with E-state index in [1.165, 1.54) is 6.07 Å². The average molecular weight is 292 g/mol. The monoisotopic (exact) mass is 292 g/mol. The summed E-state index contributed by atoms with van der Waals surface area (Å²) >= 11 is 0. The molecule has 0 atom stereocenters. The molecule has 3 rings (SSSR count). The van der Waals surface area contributed by atoms with Gasteiger partial charge in [0.2, 0.25) is 0 Å². The van der Waals surface area contributed by atoms with Gasteiger partial charge in [-0.3, -0.25) is 0 Å². The van der Waals surface area contributed by atoms with Crippen molar-refractivity contribution < 1.29 is 15.3 Å². The third-order valence-corrected chi connectivity index (χ3v) is 3.79. The van der Waals surface area contributed by atoms with E-state index >= 15 is 0 Å².